The zero-order valence-corrected chi connectivity index (χ0v) is 5.15. The summed E-state index contributed by atoms with van der Waals surface area (Å²) in [6.07, 6.45) is -0.114. The summed E-state index contributed by atoms with van der Waals surface area (Å²) in [5, 5.41) is 15.6. The van der Waals surface area contributed by atoms with Crippen LogP contribution in [0.1, 0.15) is 13.3 Å². The van der Waals surface area contributed by atoms with E-state index in [0.29, 0.717) is 6.42 Å². The molecule has 0 aliphatic rings. The average molecular weight is 136 g/mol. The lowest BCUT2D eigenvalue weighted by molar-refractivity contribution is -0.981. The molecule has 0 aliphatic heterocycles. The van der Waals surface area contributed by atoms with Crippen molar-refractivity contribution < 1.29 is 20.2 Å². The largest absolute Gasteiger partial charge is 0.475 e. The van der Waals surface area contributed by atoms with Gasteiger partial charge in [-0.25, -0.2) is 5.21 Å². The van der Waals surface area contributed by atoms with Crippen molar-refractivity contribution in [2.24, 2.45) is 0 Å². The predicted molar refractivity (Wildman–Crippen MR) is 27.7 cm³/mol. The Kier molecular flexibility index (Phi) is 3.70. The van der Waals surface area contributed by atoms with Gasteiger partial charge in [-0.15, -0.1) is 0 Å². The van der Waals surface area contributed by atoms with Crippen molar-refractivity contribution in [2.75, 3.05) is 6.61 Å². The highest BCUT2D eigenvalue weighted by Gasteiger charge is 2.12. The smallest absolute Gasteiger partial charge is 0.396 e. The van der Waals surface area contributed by atoms with Crippen LogP contribution in [-0.4, -0.2) is 28.1 Å². The Labute approximate surface area is 52.3 Å². The Hall–Kier alpha value is -0.840. The first-order chi connectivity index (χ1) is 4.16. The van der Waals surface area contributed by atoms with E-state index >= 15 is 0 Å². The van der Waals surface area contributed by atoms with E-state index in [1.807, 2.05) is 0 Å². The first-order valence-electron chi connectivity index (χ1n) is 2.60. The van der Waals surface area contributed by atoms with Gasteiger partial charge in [-0.05, 0) is 6.92 Å². The van der Waals surface area contributed by atoms with Crippen LogP contribution in [0.3, 0.4) is 0 Å². The SMILES string of the molecule is CC(CCO)O[N+](=O)O. The Morgan fingerprint density at radius 1 is 1.78 bits per heavy atom. The lowest BCUT2D eigenvalue weighted by Crippen LogP contribution is -2.15. The van der Waals surface area contributed by atoms with Crippen molar-refractivity contribution in [3.05, 3.63) is 4.91 Å². The molecule has 54 valence electrons. The third kappa shape index (κ3) is 5.02. The molecule has 1 unspecified atom stereocenters. The lowest BCUT2D eigenvalue weighted by atomic mass is 10.3. The molecule has 0 aliphatic carbocycles. The maximum Gasteiger partial charge on any atom is 0.475 e. The molecule has 0 aromatic carbocycles. The molecule has 5 heteroatoms. The van der Waals surface area contributed by atoms with Gasteiger partial charge >= 0.3 is 5.09 Å². The number of nitrogens with zero attached hydrogens (tertiary/aromatic N) is 1. The lowest BCUT2D eigenvalue weighted by Gasteiger charge is -1.97. The fourth-order valence-corrected chi connectivity index (χ4v) is 0.388. The highest BCUT2D eigenvalue weighted by molar-refractivity contribution is 4.42. The summed E-state index contributed by atoms with van der Waals surface area (Å²) in [7, 11) is 0. The van der Waals surface area contributed by atoms with Crippen molar-refractivity contribution in [3.8, 4) is 0 Å². The van der Waals surface area contributed by atoms with E-state index in [1.54, 1.807) is 6.92 Å². The Balaban J connectivity index is 3.26. The second kappa shape index (κ2) is 4.08. The average Bonchev–Trinajstić information content (AvgIpc) is 1.63. The molecule has 0 spiro atoms. The first kappa shape index (κ1) is 8.16. The normalized spacial score (nSPS) is 12.7. The molecule has 1 atom stereocenters. The standard InChI is InChI=1S/C4H10NO4/c1-4(2-3-6)9-5(7)8/h4,6H,2-3H2,1H3,(H,7,8)/q+1. The molecular weight excluding hydrogens is 126 g/mol. The van der Waals surface area contributed by atoms with Gasteiger partial charge in [-0.3, -0.25) is 0 Å². The second-order valence-corrected chi connectivity index (χ2v) is 1.67. The Bertz CT molecular complexity index is 94.6. The first-order valence-corrected chi connectivity index (χ1v) is 2.60. The summed E-state index contributed by atoms with van der Waals surface area (Å²) >= 11 is 0. The third-order valence-corrected chi connectivity index (χ3v) is 0.806. The Morgan fingerprint density at radius 3 is 2.67 bits per heavy atom. The molecule has 0 saturated heterocycles. The summed E-state index contributed by atoms with van der Waals surface area (Å²) in [4.78, 5) is 13.9. The van der Waals surface area contributed by atoms with Gasteiger partial charge in [-0.2, -0.15) is 4.84 Å². The van der Waals surface area contributed by atoms with E-state index in [9.17, 15) is 4.91 Å². The van der Waals surface area contributed by atoms with Crippen molar-refractivity contribution >= 4 is 0 Å². The van der Waals surface area contributed by atoms with Gasteiger partial charge in [0.25, 0.3) is 0 Å². The second-order valence-electron chi connectivity index (χ2n) is 1.67. The van der Waals surface area contributed by atoms with Gasteiger partial charge in [0, 0.05) is 13.0 Å². The maximum atomic E-state index is 9.70. The molecule has 0 radical (unpaired) electrons. The van der Waals surface area contributed by atoms with Crippen LogP contribution in [0.15, 0.2) is 0 Å². The molecular formula is C4H10NO4+. The van der Waals surface area contributed by atoms with E-state index in [4.69, 9.17) is 10.3 Å². The molecule has 9 heavy (non-hydrogen) atoms. The van der Waals surface area contributed by atoms with Crippen LogP contribution in [0.4, 0.5) is 0 Å². The monoisotopic (exact) mass is 136 g/mol. The summed E-state index contributed by atoms with van der Waals surface area (Å²) in [5.74, 6) is 0. The van der Waals surface area contributed by atoms with Crippen LogP contribution in [0.25, 0.3) is 0 Å². The van der Waals surface area contributed by atoms with Crippen molar-refractivity contribution in [2.45, 2.75) is 19.4 Å². The van der Waals surface area contributed by atoms with Crippen molar-refractivity contribution in [1.82, 2.24) is 0 Å². The summed E-state index contributed by atoms with van der Waals surface area (Å²) in [5.41, 5.74) is 0. The van der Waals surface area contributed by atoms with Crippen LogP contribution in [0.5, 0.6) is 0 Å². The number of hydrogen-bond donors (Lipinski definition) is 2. The van der Waals surface area contributed by atoms with Gasteiger partial charge in [-0.1, -0.05) is 0 Å². The Morgan fingerprint density at radius 2 is 2.33 bits per heavy atom. The molecule has 0 fully saturated rings. The number of rotatable bonds is 4. The molecule has 0 aromatic rings. The van der Waals surface area contributed by atoms with Gasteiger partial charge in [0.15, 0.2) is 6.10 Å². The van der Waals surface area contributed by atoms with Gasteiger partial charge in [0.1, 0.15) is 4.91 Å². The molecule has 2 N–H and O–H groups in total. The van der Waals surface area contributed by atoms with Crippen LogP contribution >= 0.6 is 0 Å². The topological polar surface area (TPSA) is 69.8 Å². The fraction of sp³-hybridized carbons (Fsp3) is 1.00. The number of aliphatic hydroxyl groups excluding tert-OH is 1. The van der Waals surface area contributed by atoms with Crippen LogP contribution < -0.4 is 0 Å². The van der Waals surface area contributed by atoms with Crippen molar-refractivity contribution in [3.63, 3.8) is 0 Å². The molecule has 0 amide bonds. The van der Waals surface area contributed by atoms with E-state index in [-0.39, 0.29) is 6.61 Å². The maximum absolute atomic E-state index is 9.70. The molecule has 0 rings (SSSR count). The fourth-order valence-electron chi connectivity index (χ4n) is 0.388. The molecule has 0 saturated carbocycles. The minimum absolute atomic E-state index is 0.0605. The van der Waals surface area contributed by atoms with E-state index in [1.165, 1.54) is 0 Å². The van der Waals surface area contributed by atoms with E-state index in [0.717, 1.165) is 0 Å². The van der Waals surface area contributed by atoms with Gasteiger partial charge < -0.3 is 5.11 Å². The highest BCUT2D eigenvalue weighted by Crippen LogP contribution is 1.93. The zero-order valence-electron chi connectivity index (χ0n) is 5.15. The summed E-state index contributed by atoms with van der Waals surface area (Å²) in [6.45, 7) is 1.51. The zero-order chi connectivity index (χ0) is 7.28. The van der Waals surface area contributed by atoms with Crippen LogP contribution in [0, 0.1) is 4.91 Å². The van der Waals surface area contributed by atoms with E-state index in [2.05, 4.69) is 4.84 Å². The van der Waals surface area contributed by atoms with Crippen LogP contribution in [-0.2, 0) is 4.84 Å². The minimum atomic E-state index is -0.611. The van der Waals surface area contributed by atoms with Crippen LogP contribution in [0.2, 0.25) is 0 Å². The summed E-state index contributed by atoms with van der Waals surface area (Å²) in [6, 6.07) is 0. The summed E-state index contributed by atoms with van der Waals surface area (Å²) < 4.78 is 0. The van der Waals surface area contributed by atoms with Gasteiger partial charge in [0.2, 0.25) is 0 Å². The van der Waals surface area contributed by atoms with Crippen molar-refractivity contribution in [1.29, 1.82) is 0 Å². The molecule has 0 heterocycles. The molecule has 5 nitrogen and oxygen atoms in total. The minimum Gasteiger partial charge on any atom is -0.396 e. The number of hydrogen-bond acceptors (Lipinski definition) is 3. The predicted octanol–water partition coefficient (Wildman–Crippen LogP) is -0.143. The third-order valence-electron chi connectivity index (χ3n) is 0.806. The quantitative estimate of drug-likeness (QED) is 0.527. The highest BCUT2D eigenvalue weighted by atomic mass is 17.0. The molecule has 0 bridgehead atoms. The van der Waals surface area contributed by atoms with E-state index < -0.39 is 11.2 Å². The van der Waals surface area contributed by atoms with Gasteiger partial charge in [0.05, 0.1) is 0 Å². The number of aliphatic hydroxyl groups is 1. The molecule has 0 aromatic heterocycles.